The van der Waals surface area contributed by atoms with Crippen LogP contribution < -0.4 is 0 Å². The molecule has 0 aliphatic carbocycles. The van der Waals surface area contributed by atoms with Crippen molar-refractivity contribution < 1.29 is 0 Å². The van der Waals surface area contributed by atoms with E-state index in [2.05, 4.69) is 29.1 Å². The molecule has 1 atom stereocenters. The second kappa shape index (κ2) is 5.14. The van der Waals surface area contributed by atoms with Crippen LogP contribution in [-0.4, -0.2) is 4.98 Å². The van der Waals surface area contributed by atoms with Crippen LogP contribution in [0, 0.1) is 12.3 Å². The Bertz CT molecular complexity index is 468. The highest BCUT2D eigenvalue weighted by Gasteiger charge is 2.08. The molecule has 1 heterocycles. The summed E-state index contributed by atoms with van der Waals surface area (Å²) >= 11 is 0. The SMILES string of the molecule is C#CC(Cc1cccnc1)c1ccccc1. The third kappa shape index (κ3) is 2.49. The zero-order chi connectivity index (χ0) is 11.2. The highest BCUT2D eigenvalue weighted by atomic mass is 14.6. The first-order chi connectivity index (χ1) is 7.90. The first kappa shape index (κ1) is 10.4. The van der Waals surface area contributed by atoms with E-state index in [0.717, 1.165) is 6.42 Å². The number of hydrogen-bond donors (Lipinski definition) is 0. The van der Waals surface area contributed by atoms with Gasteiger partial charge in [0.05, 0.1) is 0 Å². The number of hydrogen-bond acceptors (Lipinski definition) is 1. The predicted octanol–water partition coefficient (Wildman–Crippen LogP) is 3.04. The highest BCUT2D eigenvalue weighted by molar-refractivity contribution is 5.29. The quantitative estimate of drug-likeness (QED) is 0.705. The molecule has 78 valence electrons. The zero-order valence-corrected chi connectivity index (χ0v) is 9.01. The van der Waals surface area contributed by atoms with Gasteiger partial charge >= 0.3 is 0 Å². The second-order valence-electron chi connectivity index (χ2n) is 3.70. The van der Waals surface area contributed by atoms with Crippen LogP contribution in [0.1, 0.15) is 17.0 Å². The van der Waals surface area contributed by atoms with Crippen molar-refractivity contribution in [3.63, 3.8) is 0 Å². The Kier molecular flexibility index (Phi) is 3.35. The summed E-state index contributed by atoms with van der Waals surface area (Å²) in [4.78, 5) is 4.10. The summed E-state index contributed by atoms with van der Waals surface area (Å²) in [6.07, 6.45) is 10.1. The Balaban J connectivity index is 2.17. The lowest BCUT2D eigenvalue weighted by Crippen LogP contribution is -2.00. The lowest BCUT2D eigenvalue weighted by Gasteiger charge is -2.10. The van der Waals surface area contributed by atoms with Crippen LogP contribution in [0.15, 0.2) is 54.9 Å². The van der Waals surface area contributed by atoms with E-state index in [-0.39, 0.29) is 5.92 Å². The maximum atomic E-state index is 5.58. The number of terminal acetylenes is 1. The van der Waals surface area contributed by atoms with Crippen molar-refractivity contribution in [3.05, 3.63) is 66.0 Å². The maximum absolute atomic E-state index is 5.58. The minimum atomic E-state index is 0.130. The maximum Gasteiger partial charge on any atom is 0.0490 e. The van der Waals surface area contributed by atoms with E-state index in [4.69, 9.17) is 6.42 Å². The van der Waals surface area contributed by atoms with E-state index in [1.165, 1.54) is 11.1 Å². The van der Waals surface area contributed by atoms with Gasteiger partial charge in [0.15, 0.2) is 0 Å². The molecule has 0 aliphatic heterocycles. The van der Waals surface area contributed by atoms with Crippen LogP contribution in [-0.2, 0) is 6.42 Å². The molecule has 1 aromatic heterocycles. The molecule has 16 heavy (non-hydrogen) atoms. The Morgan fingerprint density at radius 2 is 1.94 bits per heavy atom. The summed E-state index contributed by atoms with van der Waals surface area (Å²) in [6.45, 7) is 0. The molecule has 1 heteroatoms. The first-order valence-corrected chi connectivity index (χ1v) is 5.30. The largest absolute Gasteiger partial charge is 0.264 e. The van der Waals surface area contributed by atoms with Crippen molar-refractivity contribution in [1.29, 1.82) is 0 Å². The Labute approximate surface area is 96.2 Å². The van der Waals surface area contributed by atoms with E-state index in [0.29, 0.717) is 0 Å². The Morgan fingerprint density at radius 3 is 2.56 bits per heavy atom. The summed E-state index contributed by atoms with van der Waals surface area (Å²) in [7, 11) is 0. The number of benzene rings is 1. The van der Waals surface area contributed by atoms with Gasteiger partial charge in [-0.3, -0.25) is 4.98 Å². The minimum absolute atomic E-state index is 0.130. The lowest BCUT2D eigenvalue weighted by atomic mass is 9.93. The fourth-order valence-electron chi connectivity index (χ4n) is 1.71. The minimum Gasteiger partial charge on any atom is -0.264 e. The zero-order valence-electron chi connectivity index (χ0n) is 9.01. The van der Waals surface area contributed by atoms with Gasteiger partial charge in [-0.15, -0.1) is 6.42 Å². The molecule has 1 aromatic carbocycles. The Hall–Kier alpha value is -2.07. The van der Waals surface area contributed by atoms with Crippen LogP contribution in [0.4, 0.5) is 0 Å². The summed E-state index contributed by atoms with van der Waals surface area (Å²) < 4.78 is 0. The molecule has 1 nitrogen and oxygen atoms in total. The van der Waals surface area contributed by atoms with Gasteiger partial charge in [-0.05, 0) is 23.6 Å². The topological polar surface area (TPSA) is 12.9 Å². The van der Waals surface area contributed by atoms with Crippen LogP contribution in [0.2, 0.25) is 0 Å². The van der Waals surface area contributed by atoms with E-state index in [1.807, 2.05) is 30.5 Å². The summed E-state index contributed by atoms with van der Waals surface area (Å²) in [5, 5.41) is 0. The third-order valence-corrected chi connectivity index (χ3v) is 2.57. The van der Waals surface area contributed by atoms with Gasteiger partial charge in [-0.1, -0.05) is 42.3 Å². The number of aromatic nitrogens is 1. The van der Waals surface area contributed by atoms with E-state index in [9.17, 15) is 0 Å². The average Bonchev–Trinajstić information content (AvgIpc) is 2.38. The number of rotatable bonds is 3. The van der Waals surface area contributed by atoms with Gasteiger partial charge in [0.25, 0.3) is 0 Å². The van der Waals surface area contributed by atoms with Crippen LogP contribution in [0.25, 0.3) is 0 Å². The average molecular weight is 207 g/mol. The summed E-state index contributed by atoms with van der Waals surface area (Å²) in [5.41, 5.74) is 2.36. The number of nitrogens with zero attached hydrogens (tertiary/aromatic N) is 1. The standard InChI is InChI=1S/C15H13N/c1-2-14(15-8-4-3-5-9-15)11-13-7-6-10-16-12-13/h1,3-10,12,14H,11H2. The molecule has 2 rings (SSSR count). The van der Waals surface area contributed by atoms with Gasteiger partial charge < -0.3 is 0 Å². The number of pyridine rings is 1. The first-order valence-electron chi connectivity index (χ1n) is 5.30. The predicted molar refractivity (Wildman–Crippen MR) is 66.0 cm³/mol. The van der Waals surface area contributed by atoms with E-state index >= 15 is 0 Å². The molecular formula is C15H13N. The second-order valence-corrected chi connectivity index (χ2v) is 3.70. The van der Waals surface area contributed by atoms with Crippen molar-refractivity contribution in [2.75, 3.05) is 0 Å². The van der Waals surface area contributed by atoms with Gasteiger partial charge in [0, 0.05) is 18.3 Å². The fourth-order valence-corrected chi connectivity index (χ4v) is 1.71. The van der Waals surface area contributed by atoms with Gasteiger partial charge in [0.1, 0.15) is 0 Å². The molecule has 0 fully saturated rings. The molecule has 0 saturated carbocycles. The van der Waals surface area contributed by atoms with Crippen LogP contribution in [0.5, 0.6) is 0 Å². The lowest BCUT2D eigenvalue weighted by molar-refractivity contribution is 0.858. The normalized spacial score (nSPS) is 11.7. The Morgan fingerprint density at radius 1 is 1.12 bits per heavy atom. The summed E-state index contributed by atoms with van der Waals surface area (Å²) in [5.74, 6) is 2.97. The molecule has 0 spiro atoms. The van der Waals surface area contributed by atoms with E-state index in [1.54, 1.807) is 6.20 Å². The molecule has 1 unspecified atom stereocenters. The molecular weight excluding hydrogens is 194 g/mol. The van der Waals surface area contributed by atoms with Crippen molar-refractivity contribution in [3.8, 4) is 12.3 Å². The van der Waals surface area contributed by atoms with Crippen LogP contribution >= 0.6 is 0 Å². The van der Waals surface area contributed by atoms with Gasteiger partial charge in [-0.2, -0.15) is 0 Å². The van der Waals surface area contributed by atoms with Crippen molar-refractivity contribution in [2.45, 2.75) is 12.3 Å². The molecule has 0 saturated heterocycles. The molecule has 0 radical (unpaired) electrons. The molecule has 2 aromatic rings. The van der Waals surface area contributed by atoms with Gasteiger partial charge in [-0.25, -0.2) is 0 Å². The smallest absolute Gasteiger partial charge is 0.0490 e. The monoisotopic (exact) mass is 207 g/mol. The molecule has 0 N–H and O–H groups in total. The van der Waals surface area contributed by atoms with Crippen molar-refractivity contribution in [1.82, 2.24) is 4.98 Å². The molecule has 0 aliphatic rings. The fraction of sp³-hybridized carbons (Fsp3) is 0.133. The van der Waals surface area contributed by atoms with Crippen molar-refractivity contribution >= 4 is 0 Å². The van der Waals surface area contributed by atoms with Crippen molar-refractivity contribution in [2.24, 2.45) is 0 Å². The van der Waals surface area contributed by atoms with Gasteiger partial charge in [0.2, 0.25) is 0 Å². The van der Waals surface area contributed by atoms with E-state index < -0.39 is 0 Å². The third-order valence-electron chi connectivity index (χ3n) is 2.57. The molecule has 0 bridgehead atoms. The summed E-state index contributed by atoms with van der Waals surface area (Å²) in [6, 6.07) is 14.2. The van der Waals surface area contributed by atoms with Crippen LogP contribution in [0.3, 0.4) is 0 Å². The highest BCUT2D eigenvalue weighted by Crippen LogP contribution is 2.19. The molecule has 0 amide bonds.